The van der Waals surface area contributed by atoms with Crippen molar-refractivity contribution in [1.82, 2.24) is 19.8 Å². The van der Waals surface area contributed by atoms with E-state index < -0.39 is 23.5 Å². The average molecular weight is 462 g/mol. The Morgan fingerprint density at radius 3 is 2.18 bits per heavy atom. The van der Waals surface area contributed by atoms with E-state index >= 15 is 0 Å². The number of rotatable bonds is 5. The van der Waals surface area contributed by atoms with Crippen LogP contribution in [0.15, 0.2) is 24.5 Å². The van der Waals surface area contributed by atoms with E-state index in [0.29, 0.717) is 57.8 Å². The molecule has 176 valence electrons. The molecule has 3 heterocycles. The first kappa shape index (κ1) is 22.8. The predicted molar refractivity (Wildman–Crippen MR) is 112 cm³/mol. The van der Waals surface area contributed by atoms with Crippen LogP contribution in [0.2, 0.25) is 0 Å². The molecule has 1 aromatic carbocycles. The van der Waals surface area contributed by atoms with Gasteiger partial charge in [-0.05, 0) is 36.5 Å². The van der Waals surface area contributed by atoms with E-state index in [-0.39, 0.29) is 29.8 Å². The first-order valence-corrected chi connectivity index (χ1v) is 10.7. The van der Waals surface area contributed by atoms with Crippen molar-refractivity contribution in [2.24, 2.45) is 5.92 Å². The van der Waals surface area contributed by atoms with Gasteiger partial charge in [-0.1, -0.05) is 0 Å². The zero-order valence-corrected chi connectivity index (χ0v) is 17.9. The van der Waals surface area contributed by atoms with Crippen LogP contribution in [0.5, 0.6) is 5.75 Å². The lowest BCUT2D eigenvalue weighted by Crippen LogP contribution is -2.41. The zero-order chi connectivity index (χ0) is 23.4. The summed E-state index contributed by atoms with van der Waals surface area (Å²) in [7, 11) is 0. The van der Waals surface area contributed by atoms with Gasteiger partial charge in [0.25, 0.3) is 5.91 Å². The number of hydrogen-bond donors (Lipinski definition) is 1. The van der Waals surface area contributed by atoms with Crippen LogP contribution in [-0.4, -0.2) is 82.9 Å². The van der Waals surface area contributed by atoms with Crippen molar-refractivity contribution >= 4 is 12.0 Å². The van der Waals surface area contributed by atoms with Crippen molar-refractivity contribution < 1.29 is 33.0 Å². The third-order valence-electron chi connectivity index (χ3n) is 5.82. The number of halogens is 2. The molecule has 2 fully saturated rings. The average Bonchev–Trinajstić information content (AvgIpc) is 2.84. The summed E-state index contributed by atoms with van der Waals surface area (Å²) in [4.78, 5) is 34.4. The van der Waals surface area contributed by atoms with Crippen LogP contribution in [0.25, 0.3) is 11.1 Å². The molecule has 0 bridgehead atoms. The van der Waals surface area contributed by atoms with Gasteiger partial charge < -0.3 is 24.4 Å². The topological polar surface area (TPSA) is 105 Å². The number of benzene rings is 1. The van der Waals surface area contributed by atoms with Crippen molar-refractivity contribution in [1.29, 1.82) is 0 Å². The molecule has 0 radical (unpaired) electrons. The molecule has 2 saturated heterocycles. The molecule has 1 aromatic heterocycles. The lowest BCUT2D eigenvalue weighted by atomic mass is 9.98. The van der Waals surface area contributed by atoms with Crippen molar-refractivity contribution in [2.45, 2.75) is 12.8 Å². The van der Waals surface area contributed by atoms with Gasteiger partial charge in [0.05, 0.1) is 19.8 Å². The van der Waals surface area contributed by atoms with E-state index in [1.165, 1.54) is 17.3 Å². The summed E-state index contributed by atoms with van der Waals surface area (Å²) in [5.41, 5.74) is 0.580. The number of likely N-dealkylation sites (tertiary alicyclic amines) is 1. The van der Waals surface area contributed by atoms with E-state index in [9.17, 15) is 18.4 Å². The highest BCUT2D eigenvalue weighted by atomic mass is 19.1. The fraction of sp³-hybridized carbons (Fsp3) is 0.455. The first-order chi connectivity index (χ1) is 15.9. The number of ether oxygens (including phenoxy) is 2. The van der Waals surface area contributed by atoms with E-state index in [2.05, 4.69) is 9.97 Å². The lowest BCUT2D eigenvalue weighted by molar-refractivity contribution is 0.0295. The van der Waals surface area contributed by atoms with Crippen LogP contribution < -0.4 is 4.74 Å². The number of carboxylic acid groups (broad SMARTS) is 1. The summed E-state index contributed by atoms with van der Waals surface area (Å²) in [6.07, 6.45) is 2.88. The van der Waals surface area contributed by atoms with Crippen LogP contribution in [0, 0.1) is 17.6 Å². The summed E-state index contributed by atoms with van der Waals surface area (Å²) in [6.45, 7) is 2.67. The van der Waals surface area contributed by atoms with Gasteiger partial charge in [-0.2, -0.15) is 0 Å². The van der Waals surface area contributed by atoms with Crippen LogP contribution in [-0.2, 0) is 4.74 Å². The summed E-state index contributed by atoms with van der Waals surface area (Å²) in [5.74, 6) is -2.48. The number of aromatic nitrogens is 2. The Labute approximate surface area is 188 Å². The molecule has 33 heavy (non-hydrogen) atoms. The number of carbonyl (C=O) groups excluding carboxylic acids is 1. The Kier molecular flexibility index (Phi) is 6.97. The van der Waals surface area contributed by atoms with Gasteiger partial charge in [0, 0.05) is 44.1 Å². The maximum Gasteiger partial charge on any atom is 0.407 e. The minimum atomic E-state index is -0.968. The highest BCUT2D eigenvalue weighted by Gasteiger charge is 2.24. The second kappa shape index (κ2) is 10.1. The Morgan fingerprint density at radius 1 is 1.00 bits per heavy atom. The lowest BCUT2D eigenvalue weighted by Gasteiger charge is -2.29. The summed E-state index contributed by atoms with van der Waals surface area (Å²) in [6, 6.07) is 2.27. The standard InChI is InChI=1S/C22H24F2N4O5/c23-17-9-15(16-11-25-20(26-12-16)21(29)27-5-7-32-8-6-27)10-18(24)19(17)33-13-14-1-3-28(4-2-14)22(30)31/h9-12,14H,1-8,13H2,(H,30,31). The minimum Gasteiger partial charge on any atom is -0.487 e. The number of amides is 2. The Balaban J connectivity index is 1.39. The Bertz CT molecular complexity index is 983. The Morgan fingerprint density at radius 2 is 1.61 bits per heavy atom. The maximum absolute atomic E-state index is 14.6. The highest BCUT2D eigenvalue weighted by molar-refractivity contribution is 5.90. The van der Waals surface area contributed by atoms with Crippen molar-refractivity contribution in [2.75, 3.05) is 46.0 Å². The molecule has 2 aliphatic rings. The quantitative estimate of drug-likeness (QED) is 0.728. The number of piperidine rings is 1. The molecule has 11 heteroatoms. The molecule has 2 aliphatic heterocycles. The normalized spacial score (nSPS) is 17.2. The maximum atomic E-state index is 14.6. The first-order valence-electron chi connectivity index (χ1n) is 10.7. The predicted octanol–water partition coefficient (Wildman–Crippen LogP) is 2.66. The Hall–Kier alpha value is -3.34. The molecule has 0 aliphatic carbocycles. The van der Waals surface area contributed by atoms with Gasteiger partial charge >= 0.3 is 6.09 Å². The fourth-order valence-electron chi connectivity index (χ4n) is 3.85. The van der Waals surface area contributed by atoms with Crippen LogP contribution >= 0.6 is 0 Å². The smallest absolute Gasteiger partial charge is 0.407 e. The van der Waals surface area contributed by atoms with Gasteiger partial charge in [-0.3, -0.25) is 4.79 Å². The van der Waals surface area contributed by atoms with Gasteiger partial charge in [-0.25, -0.2) is 23.5 Å². The molecule has 0 unspecified atom stereocenters. The molecule has 0 atom stereocenters. The van der Waals surface area contributed by atoms with Gasteiger partial charge in [-0.15, -0.1) is 0 Å². The molecule has 0 saturated carbocycles. The van der Waals surface area contributed by atoms with Crippen LogP contribution in [0.4, 0.5) is 13.6 Å². The molecule has 4 rings (SSSR count). The third-order valence-corrected chi connectivity index (χ3v) is 5.82. The largest absolute Gasteiger partial charge is 0.487 e. The number of morpholine rings is 1. The second-order valence-corrected chi connectivity index (χ2v) is 7.99. The van der Waals surface area contributed by atoms with Gasteiger partial charge in [0.1, 0.15) is 0 Å². The zero-order valence-electron chi connectivity index (χ0n) is 17.9. The second-order valence-electron chi connectivity index (χ2n) is 7.99. The molecule has 1 N–H and O–H groups in total. The third kappa shape index (κ3) is 5.36. The SMILES string of the molecule is O=C(O)N1CCC(COc2c(F)cc(-c3cnc(C(=O)N4CCOCC4)nc3)cc2F)CC1. The minimum absolute atomic E-state index is 0.00972. The molecule has 9 nitrogen and oxygen atoms in total. The van der Waals surface area contributed by atoms with E-state index in [0.717, 1.165) is 12.1 Å². The molecular weight excluding hydrogens is 438 g/mol. The molecule has 0 spiro atoms. The van der Waals surface area contributed by atoms with Gasteiger partial charge in [0.15, 0.2) is 17.4 Å². The summed E-state index contributed by atoms with van der Waals surface area (Å²) >= 11 is 0. The van der Waals surface area contributed by atoms with Gasteiger partial charge in [0.2, 0.25) is 5.82 Å². The molecule has 2 aromatic rings. The van der Waals surface area contributed by atoms with E-state index in [1.54, 1.807) is 4.90 Å². The highest BCUT2D eigenvalue weighted by Crippen LogP contribution is 2.29. The fourth-order valence-corrected chi connectivity index (χ4v) is 3.85. The monoisotopic (exact) mass is 462 g/mol. The summed E-state index contributed by atoms with van der Waals surface area (Å²) < 4.78 is 39.8. The van der Waals surface area contributed by atoms with E-state index in [4.69, 9.17) is 14.6 Å². The van der Waals surface area contributed by atoms with E-state index in [1.807, 2.05) is 0 Å². The van der Waals surface area contributed by atoms with Crippen LogP contribution in [0.3, 0.4) is 0 Å². The van der Waals surface area contributed by atoms with Crippen molar-refractivity contribution in [3.8, 4) is 16.9 Å². The summed E-state index contributed by atoms with van der Waals surface area (Å²) in [5, 5.41) is 8.99. The number of carbonyl (C=O) groups is 2. The number of nitrogens with zero attached hydrogens (tertiary/aromatic N) is 4. The number of hydrogen-bond acceptors (Lipinski definition) is 6. The molecular formula is C22H24F2N4O5. The molecule has 2 amide bonds. The van der Waals surface area contributed by atoms with Crippen molar-refractivity contribution in [3.63, 3.8) is 0 Å². The van der Waals surface area contributed by atoms with Crippen molar-refractivity contribution in [3.05, 3.63) is 42.0 Å². The van der Waals surface area contributed by atoms with Crippen LogP contribution in [0.1, 0.15) is 23.5 Å².